The highest BCUT2D eigenvalue weighted by Crippen LogP contribution is 2.27. The number of aromatic nitrogens is 2. The molecule has 1 amide bonds. The largest absolute Gasteiger partial charge is 0.350 e. The quantitative estimate of drug-likeness (QED) is 0.561. The van der Waals surface area contributed by atoms with E-state index in [2.05, 4.69) is 10.0 Å². The van der Waals surface area contributed by atoms with E-state index < -0.39 is 15.8 Å². The van der Waals surface area contributed by atoms with E-state index in [1.807, 2.05) is 35.0 Å². The van der Waals surface area contributed by atoms with Gasteiger partial charge in [0.15, 0.2) is 0 Å². The van der Waals surface area contributed by atoms with Crippen LogP contribution in [0.25, 0.3) is 5.69 Å². The van der Waals surface area contributed by atoms with E-state index in [0.717, 1.165) is 42.8 Å². The summed E-state index contributed by atoms with van der Waals surface area (Å²) in [5.41, 5.74) is 4.20. The zero-order chi connectivity index (χ0) is 21.8. The molecule has 0 saturated heterocycles. The molecule has 162 valence electrons. The molecule has 1 heterocycles. The summed E-state index contributed by atoms with van der Waals surface area (Å²) < 4.78 is 41.7. The lowest BCUT2D eigenvalue weighted by Crippen LogP contribution is -2.30. The minimum atomic E-state index is -3.79. The van der Waals surface area contributed by atoms with Crippen molar-refractivity contribution in [1.29, 1.82) is 0 Å². The van der Waals surface area contributed by atoms with E-state index >= 15 is 0 Å². The molecule has 2 N–H and O–H groups in total. The van der Waals surface area contributed by atoms with Gasteiger partial charge in [-0.1, -0.05) is 18.2 Å². The summed E-state index contributed by atoms with van der Waals surface area (Å²) >= 11 is 0. The number of hydrogen-bond donors (Lipinski definition) is 2. The Morgan fingerprint density at radius 2 is 1.81 bits per heavy atom. The SMILES string of the molecule is O=C(CCNS(=O)(=O)c1ccc(F)cc1)NCc1nn(-c2ccccc2)c2c1CCC2. The number of rotatable bonds is 8. The van der Waals surface area contributed by atoms with Crippen molar-refractivity contribution in [2.24, 2.45) is 0 Å². The number of benzene rings is 2. The molecule has 1 aliphatic rings. The fourth-order valence-electron chi connectivity index (χ4n) is 3.71. The van der Waals surface area contributed by atoms with Gasteiger partial charge in [-0.3, -0.25) is 4.79 Å². The summed E-state index contributed by atoms with van der Waals surface area (Å²) in [7, 11) is -3.79. The Morgan fingerprint density at radius 3 is 2.55 bits per heavy atom. The van der Waals surface area contributed by atoms with Gasteiger partial charge in [0, 0.05) is 18.7 Å². The van der Waals surface area contributed by atoms with Crippen molar-refractivity contribution < 1.29 is 17.6 Å². The third-order valence-electron chi connectivity index (χ3n) is 5.24. The van der Waals surface area contributed by atoms with E-state index in [-0.39, 0.29) is 23.8 Å². The lowest BCUT2D eigenvalue weighted by Gasteiger charge is -2.08. The molecular formula is C22H23FN4O3S. The maximum Gasteiger partial charge on any atom is 0.240 e. The topological polar surface area (TPSA) is 93.1 Å². The molecule has 2 aromatic carbocycles. The van der Waals surface area contributed by atoms with Crippen molar-refractivity contribution in [3.05, 3.63) is 77.4 Å². The predicted octanol–water partition coefficient (Wildman–Crippen LogP) is 2.48. The standard InChI is InChI=1S/C22H23FN4O3S/c23-16-9-11-18(12-10-16)31(29,30)25-14-13-22(28)24-15-20-19-7-4-8-21(19)27(26-20)17-5-2-1-3-6-17/h1-3,5-6,9-12,25H,4,7-8,13-15H2,(H,24,28). The normalized spacial score (nSPS) is 13.2. The Morgan fingerprint density at radius 1 is 1.06 bits per heavy atom. The lowest BCUT2D eigenvalue weighted by atomic mass is 10.2. The average molecular weight is 443 g/mol. The summed E-state index contributed by atoms with van der Waals surface area (Å²) in [6.07, 6.45) is 2.94. The molecule has 0 radical (unpaired) electrons. The first-order valence-electron chi connectivity index (χ1n) is 10.1. The Kier molecular flexibility index (Phi) is 6.15. The molecule has 0 fully saturated rings. The summed E-state index contributed by atoms with van der Waals surface area (Å²) in [4.78, 5) is 12.2. The summed E-state index contributed by atoms with van der Waals surface area (Å²) in [5, 5.41) is 7.53. The van der Waals surface area contributed by atoms with Gasteiger partial charge >= 0.3 is 0 Å². The number of fused-ring (bicyclic) bond motifs is 1. The van der Waals surface area contributed by atoms with Crippen molar-refractivity contribution in [2.45, 2.75) is 37.1 Å². The van der Waals surface area contributed by atoms with Gasteiger partial charge in [-0.25, -0.2) is 22.2 Å². The highest BCUT2D eigenvalue weighted by molar-refractivity contribution is 7.89. The Labute approximate surface area is 180 Å². The summed E-state index contributed by atoms with van der Waals surface area (Å²) in [6.45, 7) is 0.244. The van der Waals surface area contributed by atoms with Crippen molar-refractivity contribution in [1.82, 2.24) is 19.8 Å². The second kappa shape index (κ2) is 8.99. The monoisotopic (exact) mass is 442 g/mol. The zero-order valence-corrected chi connectivity index (χ0v) is 17.7. The van der Waals surface area contributed by atoms with Crippen LogP contribution in [0.1, 0.15) is 29.8 Å². The first kappa shape index (κ1) is 21.2. The molecule has 0 saturated carbocycles. The molecule has 7 nitrogen and oxygen atoms in total. The van der Waals surface area contributed by atoms with E-state index in [0.29, 0.717) is 6.54 Å². The van der Waals surface area contributed by atoms with Crippen LogP contribution in [0.3, 0.4) is 0 Å². The Bertz CT molecular complexity index is 1180. The van der Waals surface area contributed by atoms with Crippen LogP contribution in [-0.2, 0) is 34.2 Å². The van der Waals surface area contributed by atoms with Gasteiger partial charge in [-0.05, 0) is 61.2 Å². The van der Waals surface area contributed by atoms with E-state index in [4.69, 9.17) is 5.10 Å². The number of para-hydroxylation sites is 1. The molecule has 0 spiro atoms. The molecule has 0 bridgehead atoms. The first-order chi connectivity index (χ1) is 14.9. The molecule has 9 heteroatoms. The highest BCUT2D eigenvalue weighted by Gasteiger charge is 2.23. The fraction of sp³-hybridized carbons (Fsp3) is 0.273. The molecule has 3 aromatic rings. The summed E-state index contributed by atoms with van der Waals surface area (Å²) in [6, 6.07) is 14.4. The Balaban J connectivity index is 1.33. The van der Waals surface area contributed by atoms with Crippen molar-refractivity contribution in [2.75, 3.05) is 6.54 Å². The molecular weight excluding hydrogens is 419 g/mol. The van der Waals surface area contributed by atoms with Gasteiger partial charge in [-0.2, -0.15) is 5.10 Å². The smallest absolute Gasteiger partial charge is 0.240 e. The number of amides is 1. The molecule has 0 unspecified atom stereocenters. The Hall–Kier alpha value is -3.04. The molecule has 0 atom stereocenters. The van der Waals surface area contributed by atoms with Gasteiger partial charge in [-0.15, -0.1) is 0 Å². The predicted molar refractivity (Wildman–Crippen MR) is 114 cm³/mol. The van der Waals surface area contributed by atoms with Crippen LogP contribution in [0.15, 0.2) is 59.5 Å². The number of sulfonamides is 1. The summed E-state index contributed by atoms with van der Waals surface area (Å²) in [5.74, 6) is -0.790. The van der Waals surface area contributed by atoms with Crippen LogP contribution < -0.4 is 10.0 Å². The van der Waals surface area contributed by atoms with E-state index in [1.54, 1.807) is 0 Å². The lowest BCUT2D eigenvalue weighted by molar-refractivity contribution is -0.121. The molecule has 4 rings (SSSR count). The van der Waals surface area contributed by atoms with E-state index in [9.17, 15) is 17.6 Å². The first-order valence-corrected chi connectivity index (χ1v) is 11.6. The molecule has 0 aliphatic heterocycles. The van der Waals surface area contributed by atoms with Gasteiger partial charge in [0.05, 0.1) is 22.8 Å². The van der Waals surface area contributed by atoms with Crippen LogP contribution in [0.5, 0.6) is 0 Å². The molecule has 1 aliphatic carbocycles. The van der Waals surface area contributed by atoms with E-state index in [1.165, 1.54) is 23.4 Å². The highest BCUT2D eigenvalue weighted by atomic mass is 32.2. The van der Waals surface area contributed by atoms with Gasteiger partial charge in [0.25, 0.3) is 0 Å². The van der Waals surface area contributed by atoms with Crippen molar-refractivity contribution in [3.8, 4) is 5.69 Å². The number of carbonyl (C=O) groups excluding carboxylic acids is 1. The van der Waals surface area contributed by atoms with Crippen LogP contribution in [0.4, 0.5) is 4.39 Å². The van der Waals surface area contributed by atoms with Gasteiger partial charge < -0.3 is 5.32 Å². The zero-order valence-electron chi connectivity index (χ0n) is 16.8. The third kappa shape index (κ3) is 4.83. The molecule has 1 aromatic heterocycles. The number of halogens is 1. The van der Waals surface area contributed by atoms with Crippen molar-refractivity contribution in [3.63, 3.8) is 0 Å². The van der Waals surface area contributed by atoms with Crippen molar-refractivity contribution >= 4 is 15.9 Å². The second-order valence-electron chi connectivity index (χ2n) is 7.35. The maximum atomic E-state index is 13.0. The minimum Gasteiger partial charge on any atom is -0.350 e. The van der Waals surface area contributed by atoms with Crippen LogP contribution in [0, 0.1) is 5.82 Å². The average Bonchev–Trinajstić information content (AvgIpc) is 3.36. The second-order valence-corrected chi connectivity index (χ2v) is 9.12. The number of nitrogens with zero attached hydrogens (tertiary/aromatic N) is 2. The minimum absolute atomic E-state index is 0.0119. The number of carbonyl (C=O) groups is 1. The van der Waals surface area contributed by atoms with Gasteiger partial charge in [0.1, 0.15) is 5.82 Å². The maximum absolute atomic E-state index is 13.0. The number of nitrogens with one attached hydrogen (secondary N) is 2. The van der Waals surface area contributed by atoms with Crippen LogP contribution >= 0.6 is 0 Å². The van der Waals surface area contributed by atoms with Crippen LogP contribution in [-0.4, -0.2) is 30.7 Å². The molecule has 31 heavy (non-hydrogen) atoms. The number of hydrogen-bond acceptors (Lipinski definition) is 4. The third-order valence-corrected chi connectivity index (χ3v) is 6.71. The van der Waals surface area contributed by atoms with Gasteiger partial charge in [0.2, 0.25) is 15.9 Å². The van der Waals surface area contributed by atoms with Crippen LogP contribution in [0.2, 0.25) is 0 Å². The fourth-order valence-corrected chi connectivity index (χ4v) is 4.74.